The first-order valence-electron chi connectivity index (χ1n) is 4.18. The Labute approximate surface area is 94.7 Å². The van der Waals surface area contributed by atoms with E-state index < -0.39 is 22.7 Å². The van der Waals surface area contributed by atoms with Gasteiger partial charge in [-0.25, -0.2) is 0 Å². The van der Waals surface area contributed by atoms with Gasteiger partial charge >= 0.3 is 94.4 Å². The van der Waals surface area contributed by atoms with Crippen molar-refractivity contribution < 1.29 is 19.8 Å². The van der Waals surface area contributed by atoms with Crippen LogP contribution >= 0.6 is 0 Å². The fraction of sp³-hybridized carbons (Fsp3) is 0.200. The monoisotopic (exact) mass is 273 g/mol. The summed E-state index contributed by atoms with van der Waals surface area (Å²) in [6, 6.07) is 8.27. The van der Waals surface area contributed by atoms with Crippen LogP contribution in [-0.2, 0) is 13.9 Å². The standard InChI is InChI=1S/C10H9O4Se/c11-8(12)6-10(15,9(13)14)7-4-2-1-3-5-7/h1-5H,6H2,(H,11,12)(H,13,14). The quantitative estimate of drug-likeness (QED) is 0.787. The van der Waals surface area contributed by atoms with Gasteiger partial charge < -0.3 is 0 Å². The number of carbonyl (C=O) groups is 2. The Kier molecular flexibility index (Phi) is 3.50. The molecule has 1 aromatic rings. The maximum absolute atomic E-state index is 11.1. The Balaban J connectivity index is 3.13. The van der Waals surface area contributed by atoms with Gasteiger partial charge in [0.2, 0.25) is 0 Å². The second-order valence-electron chi connectivity index (χ2n) is 3.07. The van der Waals surface area contributed by atoms with Gasteiger partial charge in [0.05, 0.1) is 0 Å². The first-order chi connectivity index (χ1) is 6.97. The average Bonchev–Trinajstić information content (AvgIpc) is 2.17. The number of carboxylic acid groups (broad SMARTS) is 2. The molecule has 1 rings (SSSR count). The van der Waals surface area contributed by atoms with E-state index in [2.05, 4.69) is 16.0 Å². The molecule has 0 bridgehead atoms. The van der Waals surface area contributed by atoms with E-state index in [1.807, 2.05) is 0 Å². The molecule has 1 atom stereocenters. The molecule has 0 aliphatic carbocycles. The number of carboxylic acids is 2. The number of rotatable bonds is 4. The van der Waals surface area contributed by atoms with Gasteiger partial charge in [0.1, 0.15) is 0 Å². The average molecular weight is 272 g/mol. The van der Waals surface area contributed by atoms with Crippen molar-refractivity contribution in [2.24, 2.45) is 0 Å². The van der Waals surface area contributed by atoms with Crippen LogP contribution in [0, 0.1) is 0 Å². The zero-order chi connectivity index (χ0) is 11.5. The van der Waals surface area contributed by atoms with Crippen molar-refractivity contribution in [1.82, 2.24) is 0 Å². The molecule has 15 heavy (non-hydrogen) atoms. The third-order valence-electron chi connectivity index (χ3n) is 1.99. The van der Waals surface area contributed by atoms with Crippen molar-refractivity contribution >= 4 is 28.0 Å². The fourth-order valence-corrected chi connectivity index (χ4v) is 1.77. The molecule has 0 aliphatic rings. The second kappa shape index (κ2) is 4.47. The van der Waals surface area contributed by atoms with Crippen LogP contribution in [0.3, 0.4) is 0 Å². The van der Waals surface area contributed by atoms with E-state index in [0.717, 1.165) is 0 Å². The third-order valence-corrected chi connectivity index (χ3v) is 3.15. The van der Waals surface area contributed by atoms with E-state index in [9.17, 15) is 9.59 Å². The molecular weight excluding hydrogens is 263 g/mol. The first kappa shape index (κ1) is 11.8. The van der Waals surface area contributed by atoms with Crippen LogP contribution in [0.25, 0.3) is 0 Å². The molecule has 0 spiro atoms. The minimum atomic E-state index is -1.49. The summed E-state index contributed by atoms with van der Waals surface area (Å²) in [6.07, 6.45) is -0.480. The SMILES string of the molecule is O=C(O)CC([Se])(C(=O)O)c1ccccc1. The summed E-state index contributed by atoms with van der Waals surface area (Å²) in [7, 11) is 0. The Morgan fingerprint density at radius 2 is 1.73 bits per heavy atom. The predicted molar refractivity (Wildman–Crippen MR) is 53.8 cm³/mol. The van der Waals surface area contributed by atoms with Crippen molar-refractivity contribution in [3.05, 3.63) is 35.9 Å². The summed E-state index contributed by atoms with van der Waals surface area (Å²) < 4.78 is -1.49. The topological polar surface area (TPSA) is 74.6 Å². The summed E-state index contributed by atoms with van der Waals surface area (Å²) in [5.74, 6) is -2.34. The Morgan fingerprint density at radius 1 is 1.20 bits per heavy atom. The molecule has 1 aromatic carbocycles. The molecule has 0 saturated carbocycles. The van der Waals surface area contributed by atoms with E-state index in [1.54, 1.807) is 30.3 Å². The Bertz CT molecular complexity index is 376. The maximum atomic E-state index is 11.1. The van der Waals surface area contributed by atoms with Crippen molar-refractivity contribution in [2.45, 2.75) is 10.7 Å². The van der Waals surface area contributed by atoms with Crippen LogP contribution in [0.1, 0.15) is 12.0 Å². The van der Waals surface area contributed by atoms with Crippen molar-refractivity contribution in [2.75, 3.05) is 0 Å². The molecule has 1 radical (unpaired) electrons. The van der Waals surface area contributed by atoms with Gasteiger partial charge in [-0.3, -0.25) is 0 Å². The van der Waals surface area contributed by atoms with E-state index in [1.165, 1.54) is 0 Å². The summed E-state index contributed by atoms with van der Waals surface area (Å²) in [5, 5.41) is 17.7. The molecule has 0 aliphatic heterocycles. The molecule has 4 nitrogen and oxygen atoms in total. The predicted octanol–water partition coefficient (Wildman–Crippen LogP) is 0.610. The number of aliphatic carboxylic acids is 2. The summed E-state index contributed by atoms with van der Waals surface area (Å²) in [4.78, 5) is 21.7. The van der Waals surface area contributed by atoms with Crippen LogP contribution in [0.5, 0.6) is 0 Å². The van der Waals surface area contributed by atoms with Crippen molar-refractivity contribution in [3.8, 4) is 0 Å². The van der Waals surface area contributed by atoms with Gasteiger partial charge in [-0.15, -0.1) is 0 Å². The van der Waals surface area contributed by atoms with Crippen LogP contribution in [0.4, 0.5) is 0 Å². The van der Waals surface area contributed by atoms with E-state index in [4.69, 9.17) is 10.2 Å². The van der Waals surface area contributed by atoms with Crippen molar-refractivity contribution in [3.63, 3.8) is 0 Å². The Morgan fingerprint density at radius 3 is 2.13 bits per heavy atom. The summed E-state index contributed by atoms with van der Waals surface area (Å²) >= 11 is 2.46. The molecule has 0 heterocycles. The minimum absolute atomic E-state index is 0.444. The molecule has 0 aromatic heterocycles. The number of hydrogen-bond donors (Lipinski definition) is 2. The van der Waals surface area contributed by atoms with Crippen LogP contribution in [0.2, 0.25) is 0 Å². The summed E-state index contributed by atoms with van der Waals surface area (Å²) in [5.41, 5.74) is 0.444. The zero-order valence-electron chi connectivity index (χ0n) is 7.71. The normalized spacial score (nSPS) is 14.2. The van der Waals surface area contributed by atoms with E-state index in [-0.39, 0.29) is 0 Å². The molecule has 1 unspecified atom stereocenters. The van der Waals surface area contributed by atoms with Crippen molar-refractivity contribution in [1.29, 1.82) is 0 Å². The van der Waals surface area contributed by atoms with Gasteiger partial charge in [-0.05, 0) is 0 Å². The molecule has 5 heteroatoms. The number of benzene rings is 1. The van der Waals surface area contributed by atoms with Gasteiger partial charge in [0, 0.05) is 0 Å². The van der Waals surface area contributed by atoms with Gasteiger partial charge in [-0.2, -0.15) is 0 Å². The molecule has 2 N–H and O–H groups in total. The molecule has 79 valence electrons. The number of hydrogen-bond acceptors (Lipinski definition) is 2. The molecule has 0 amide bonds. The third kappa shape index (κ3) is 2.58. The van der Waals surface area contributed by atoms with E-state index >= 15 is 0 Å². The zero-order valence-corrected chi connectivity index (χ0v) is 9.43. The van der Waals surface area contributed by atoms with Gasteiger partial charge in [0.25, 0.3) is 0 Å². The molecule has 0 saturated heterocycles. The molecule has 0 fully saturated rings. The first-order valence-corrected chi connectivity index (χ1v) is 5.03. The van der Waals surface area contributed by atoms with Gasteiger partial charge in [-0.1, -0.05) is 0 Å². The van der Waals surface area contributed by atoms with Crippen LogP contribution in [-0.4, -0.2) is 38.2 Å². The van der Waals surface area contributed by atoms with Gasteiger partial charge in [0.15, 0.2) is 0 Å². The Hall–Kier alpha value is -1.32. The van der Waals surface area contributed by atoms with E-state index in [0.29, 0.717) is 5.56 Å². The molecular formula is C10H9O4Se. The second-order valence-corrected chi connectivity index (χ2v) is 4.53. The fourth-order valence-electron chi connectivity index (χ4n) is 1.22. The van der Waals surface area contributed by atoms with Crippen LogP contribution < -0.4 is 0 Å². The van der Waals surface area contributed by atoms with Crippen LogP contribution in [0.15, 0.2) is 30.3 Å². The summed E-state index contributed by atoms with van der Waals surface area (Å²) in [6.45, 7) is 0.